The van der Waals surface area contributed by atoms with Crippen molar-refractivity contribution in [1.29, 1.82) is 0 Å². The van der Waals surface area contributed by atoms with E-state index in [1.165, 1.54) is 29.5 Å². The minimum Gasteiger partial charge on any atom is -0.378 e. The minimum absolute atomic E-state index is 0.000895. The van der Waals surface area contributed by atoms with Crippen molar-refractivity contribution in [2.24, 2.45) is 5.10 Å². The van der Waals surface area contributed by atoms with Crippen LogP contribution in [0.2, 0.25) is 0 Å². The van der Waals surface area contributed by atoms with Gasteiger partial charge >= 0.3 is 6.18 Å². The summed E-state index contributed by atoms with van der Waals surface area (Å²) in [7, 11) is 0. The van der Waals surface area contributed by atoms with Gasteiger partial charge in [0.15, 0.2) is 5.13 Å². The first-order valence-corrected chi connectivity index (χ1v) is 9.06. The number of halogens is 3. The molecule has 27 heavy (non-hydrogen) atoms. The third-order valence-electron chi connectivity index (χ3n) is 3.82. The molecule has 1 aliphatic rings. The van der Waals surface area contributed by atoms with Crippen LogP contribution in [0.4, 0.5) is 18.3 Å². The lowest BCUT2D eigenvalue weighted by Crippen LogP contribution is -2.36. The molecule has 0 atom stereocenters. The second kappa shape index (κ2) is 8.49. The van der Waals surface area contributed by atoms with Gasteiger partial charge in [-0.25, -0.2) is 10.4 Å². The second-order valence-corrected chi connectivity index (χ2v) is 6.61. The number of hydrogen-bond acceptors (Lipinski definition) is 6. The van der Waals surface area contributed by atoms with Crippen molar-refractivity contribution in [2.45, 2.75) is 12.6 Å². The molecule has 3 rings (SSSR count). The fourth-order valence-corrected chi connectivity index (χ4v) is 3.40. The van der Waals surface area contributed by atoms with Gasteiger partial charge < -0.3 is 9.64 Å². The fourth-order valence-electron chi connectivity index (χ4n) is 2.52. The van der Waals surface area contributed by atoms with Gasteiger partial charge in [0.05, 0.1) is 37.1 Å². The third kappa shape index (κ3) is 5.27. The van der Waals surface area contributed by atoms with E-state index in [9.17, 15) is 18.0 Å². The summed E-state index contributed by atoms with van der Waals surface area (Å²) in [5.74, 6) is -0.449. The van der Waals surface area contributed by atoms with Crippen molar-refractivity contribution in [3.63, 3.8) is 0 Å². The highest BCUT2D eigenvalue weighted by molar-refractivity contribution is 7.13. The Bertz CT molecular complexity index is 817. The standard InChI is InChI=1S/C17H17F3N4O2S/c18-17(19,20)14-4-2-1-3-12(14)10-21-23-15(25)9-13-11-27-16(22-13)24-5-7-26-8-6-24/h1-4,10-11H,5-9H2,(H,23,25)/b21-10-. The lowest BCUT2D eigenvalue weighted by Gasteiger charge is -2.26. The lowest BCUT2D eigenvalue weighted by molar-refractivity contribution is -0.137. The van der Waals surface area contributed by atoms with E-state index in [-0.39, 0.29) is 12.0 Å². The Morgan fingerprint density at radius 2 is 2.07 bits per heavy atom. The molecule has 0 saturated carbocycles. The third-order valence-corrected chi connectivity index (χ3v) is 4.77. The number of nitrogens with zero attached hydrogens (tertiary/aromatic N) is 3. The molecule has 1 saturated heterocycles. The number of amides is 1. The summed E-state index contributed by atoms with van der Waals surface area (Å²) in [6.45, 7) is 2.79. The normalized spacial score (nSPS) is 15.3. The number of rotatable bonds is 5. The number of carbonyl (C=O) groups is 1. The molecule has 1 aromatic heterocycles. The Hall–Kier alpha value is -2.46. The average molecular weight is 398 g/mol. The molecule has 10 heteroatoms. The van der Waals surface area contributed by atoms with Gasteiger partial charge in [0.2, 0.25) is 5.91 Å². The Labute approximate surface area is 157 Å². The first kappa shape index (κ1) is 19.3. The molecule has 2 aromatic rings. The maximum absolute atomic E-state index is 12.9. The molecule has 1 aromatic carbocycles. The number of anilines is 1. The molecule has 2 heterocycles. The molecule has 0 aliphatic carbocycles. The SMILES string of the molecule is O=C(Cc1csc(N2CCOCC2)n1)N/N=C\c1ccccc1C(F)(F)F. The summed E-state index contributed by atoms with van der Waals surface area (Å²) < 4.78 is 44.0. The molecular weight excluding hydrogens is 381 g/mol. The zero-order valence-corrected chi connectivity index (χ0v) is 15.0. The number of hydrazone groups is 1. The highest BCUT2D eigenvalue weighted by Gasteiger charge is 2.32. The Balaban J connectivity index is 1.56. The summed E-state index contributed by atoms with van der Waals surface area (Å²) in [5, 5.41) is 6.24. The van der Waals surface area contributed by atoms with Crippen LogP contribution in [0, 0.1) is 0 Å². The molecule has 0 unspecified atom stereocenters. The number of nitrogens with one attached hydrogen (secondary N) is 1. The van der Waals surface area contributed by atoms with Gasteiger partial charge in [0.1, 0.15) is 0 Å². The van der Waals surface area contributed by atoms with Crippen LogP contribution in [0.15, 0.2) is 34.7 Å². The van der Waals surface area contributed by atoms with E-state index in [1.807, 2.05) is 0 Å². The number of ether oxygens (including phenoxy) is 1. The van der Waals surface area contributed by atoms with Crippen molar-refractivity contribution < 1.29 is 22.7 Å². The Morgan fingerprint density at radius 3 is 2.81 bits per heavy atom. The van der Waals surface area contributed by atoms with Gasteiger partial charge in [-0.05, 0) is 6.07 Å². The minimum atomic E-state index is -4.48. The maximum atomic E-state index is 12.9. The molecule has 144 valence electrons. The molecule has 1 amide bonds. The number of thiazole rings is 1. The molecule has 0 radical (unpaired) electrons. The number of carbonyl (C=O) groups excluding carboxylic acids is 1. The van der Waals surface area contributed by atoms with Crippen molar-refractivity contribution >= 4 is 28.6 Å². The van der Waals surface area contributed by atoms with Crippen molar-refractivity contribution in [3.8, 4) is 0 Å². The Kier molecular flexibility index (Phi) is 6.07. The predicted molar refractivity (Wildman–Crippen MR) is 96.0 cm³/mol. The van der Waals surface area contributed by atoms with Gasteiger partial charge in [-0.2, -0.15) is 18.3 Å². The van der Waals surface area contributed by atoms with E-state index >= 15 is 0 Å². The van der Waals surface area contributed by atoms with Crippen LogP contribution >= 0.6 is 11.3 Å². The summed E-state index contributed by atoms with van der Waals surface area (Å²) in [4.78, 5) is 18.5. The van der Waals surface area contributed by atoms with Gasteiger partial charge in [0, 0.05) is 24.0 Å². The van der Waals surface area contributed by atoms with E-state index in [2.05, 4.69) is 20.4 Å². The molecule has 1 N–H and O–H groups in total. The second-order valence-electron chi connectivity index (χ2n) is 5.78. The molecule has 6 nitrogen and oxygen atoms in total. The first-order chi connectivity index (χ1) is 12.9. The quantitative estimate of drug-likeness (QED) is 0.621. The van der Waals surface area contributed by atoms with Crippen molar-refractivity contribution in [1.82, 2.24) is 10.4 Å². The van der Waals surface area contributed by atoms with Crippen LogP contribution in [0.25, 0.3) is 0 Å². The van der Waals surface area contributed by atoms with E-state index in [4.69, 9.17) is 4.74 Å². The number of morpholine rings is 1. The fraction of sp³-hybridized carbons (Fsp3) is 0.353. The lowest BCUT2D eigenvalue weighted by atomic mass is 10.1. The van der Waals surface area contributed by atoms with Gasteiger partial charge in [-0.15, -0.1) is 11.3 Å². The summed E-state index contributed by atoms with van der Waals surface area (Å²) >= 11 is 1.44. The summed E-state index contributed by atoms with van der Waals surface area (Å²) in [5.41, 5.74) is 1.90. The van der Waals surface area contributed by atoms with Gasteiger partial charge in [-0.1, -0.05) is 18.2 Å². The van der Waals surface area contributed by atoms with E-state index in [1.54, 1.807) is 5.38 Å². The van der Waals surface area contributed by atoms with Crippen molar-refractivity contribution in [3.05, 3.63) is 46.5 Å². The van der Waals surface area contributed by atoms with Crippen LogP contribution in [-0.4, -0.2) is 43.4 Å². The van der Waals surface area contributed by atoms with Gasteiger partial charge in [-0.3, -0.25) is 4.79 Å². The van der Waals surface area contributed by atoms with E-state index < -0.39 is 17.6 Å². The topological polar surface area (TPSA) is 66.8 Å². The van der Waals surface area contributed by atoms with Crippen LogP contribution in [0.1, 0.15) is 16.8 Å². The largest absolute Gasteiger partial charge is 0.417 e. The smallest absolute Gasteiger partial charge is 0.378 e. The molecule has 0 bridgehead atoms. The average Bonchev–Trinajstić information content (AvgIpc) is 3.10. The maximum Gasteiger partial charge on any atom is 0.417 e. The van der Waals surface area contributed by atoms with E-state index in [0.29, 0.717) is 18.9 Å². The number of benzene rings is 1. The summed E-state index contributed by atoms with van der Waals surface area (Å²) in [6.07, 6.45) is -3.50. The predicted octanol–water partition coefficient (Wildman–Crippen LogP) is 2.69. The zero-order chi connectivity index (χ0) is 19.3. The zero-order valence-electron chi connectivity index (χ0n) is 14.2. The number of hydrogen-bond donors (Lipinski definition) is 1. The van der Waals surface area contributed by atoms with Crippen LogP contribution in [0.5, 0.6) is 0 Å². The van der Waals surface area contributed by atoms with Gasteiger partial charge in [0.25, 0.3) is 0 Å². The number of aromatic nitrogens is 1. The van der Waals surface area contributed by atoms with Crippen LogP contribution < -0.4 is 10.3 Å². The molecule has 1 fully saturated rings. The van der Waals surface area contributed by atoms with Crippen molar-refractivity contribution in [2.75, 3.05) is 31.2 Å². The molecule has 0 spiro atoms. The first-order valence-electron chi connectivity index (χ1n) is 8.19. The highest BCUT2D eigenvalue weighted by Crippen LogP contribution is 2.31. The molecular formula is C17H17F3N4O2S. The Morgan fingerprint density at radius 1 is 1.33 bits per heavy atom. The molecule has 1 aliphatic heterocycles. The van der Waals surface area contributed by atoms with E-state index in [0.717, 1.165) is 30.5 Å². The summed E-state index contributed by atoms with van der Waals surface area (Å²) in [6, 6.07) is 5.02. The highest BCUT2D eigenvalue weighted by atomic mass is 32.1. The number of alkyl halides is 3. The monoisotopic (exact) mass is 398 g/mol. The van der Waals surface area contributed by atoms with Crippen LogP contribution in [-0.2, 0) is 22.1 Å². The van der Waals surface area contributed by atoms with Crippen LogP contribution in [0.3, 0.4) is 0 Å².